The molecule has 0 fully saturated rings. The maximum absolute atomic E-state index is 13.2. The minimum atomic E-state index is -0.888. The highest BCUT2D eigenvalue weighted by atomic mass is 79.9. The molecule has 2 N–H and O–H groups in total. The van der Waals surface area contributed by atoms with Gasteiger partial charge in [-0.05, 0) is 29.8 Å². The summed E-state index contributed by atoms with van der Waals surface area (Å²) < 4.78 is 32.4. The van der Waals surface area contributed by atoms with E-state index in [1.165, 1.54) is 6.07 Å². The molecule has 2 aromatic carbocycles. The number of benzene rings is 2. The van der Waals surface area contributed by atoms with E-state index in [-0.39, 0.29) is 6.42 Å². The molecule has 0 aliphatic rings. The standard InChI is InChI=1S/C14H9BrF2N2O/c15-8-5-11(18)14-12(6-8)19-13(20-14)4-7-1-2-9(16)10(17)3-7/h1-3,5-6H,4,18H2. The third kappa shape index (κ3) is 2.38. The van der Waals surface area contributed by atoms with Gasteiger partial charge in [-0.1, -0.05) is 22.0 Å². The van der Waals surface area contributed by atoms with Crippen molar-refractivity contribution in [2.45, 2.75) is 6.42 Å². The number of fused-ring (bicyclic) bond motifs is 1. The molecule has 0 aliphatic carbocycles. The van der Waals surface area contributed by atoms with E-state index in [1.54, 1.807) is 12.1 Å². The molecule has 0 aliphatic heterocycles. The van der Waals surface area contributed by atoms with Crippen LogP contribution in [0, 0.1) is 11.6 Å². The van der Waals surface area contributed by atoms with Crippen LogP contribution in [-0.2, 0) is 6.42 Å². The Hall–Kier alpha value is -1.95. The van der Waals surface area contributed by atoms with E-state index in [4.69, 9.17) is 10.2 Å². The molecular weight excluding hydrogens is 330 g/mol. The third-order valence-corrected chi connectivity index (χ3v) is 3.33. The van der Waals surface area contributed by atoms with E-state index in [1.807, 2.05) is 0 Å². The maximum Gasteiger partial charge on any atom is 0.200 e. The molecule has 0 radical (unpaired) electrons. The minimum absolute atomic E-state index is 0.267. The van der Waals surface area contributed by atoms with Crippen molar-refractivity contribution in [2.24, 2.45) is 0 Å². The van der Waals surface area contributed by atoms with E-state index >= 15 is 0 Å². The molecule has 3 rings (SSSR count). The highest BCUT2D eigenvalue weighted by Gasteiger charge is 2.11. The number of nitrogens with zero attached hydrogens (tertiary/aromatic N) is 1. The van der Waals surface area contributed by atoms with Gasteiger partial charge in [-0.15, -0.1) is 0 Å². The summed E-state index contributed by atoms with van der Waals surface area (Å²) in [7, 11) is 0. The van der Waals surface area contributed by atoms with Crippen molar-refractivity contribution in [2.75, 3.05) is 5.73 Å². The van der Waals surface area contributed by atoms with Crippen LogP contribution in [0.4, 0.5) is 14.5 Å². The van der Waals surface area contributed by atoms with Crippen LogP contribution in [0.2, 0.25) is 0 Å². The number of halogens is 3. The molecule has 0 saturated carbocycles. The van der Waals surface area contributed by atoms with Gasteiger partial charge in [0.25, 0.3) is 0 Å². The fourth-order valence-electron chi connectivity index (χ4n) is 1.97. The highest BCUT2D eigenvalue weighted by Crippen LogP contribution is 2.27. The molecule has 0 amide bonds. The Kier molecular flexibility index (Phi) is 3.17. The van der Waals surface area contributed by atoms with Crippen molar-refractivity contribution < 1.29 is 13.2 Å². The van der Waals surface area contributed by atoms with Crippen molar-refractivity contribution in [1.82, 2.24) is 4.98 Å². The summed E-state index contributed by atoms with van der Waals surface area (Å²) in [5.41, 5.74) is 7.99. The van der Waals surface area contributed by atoms with Gasteiger partial charge in [0, 0.05) is 10.9 Å². The Labute approximate surface area is 121 Å². The zero-order valence-corrected chi connectivity index (χ0v) is 11.7. The predicted octanol–water partition coefficient (Wildman–Crippen LogP) is 4.04. The fraction of sp³-hybridized carbons (Fsp3) is 0.0714. The lowest BCUT2D eigenvalue weighted by Gasteiger charge is -1.98. The zero-order valence-electron chi connectivity index (χ0n) is 10.2. The number of nitrogens with two attached hydrogens (primary N) is 1. The van der Waals surface area contributed by atoms with Crippen LogP contribution in [-0.4, -0.2) is 4.98 Å². The molecule has 3 aromatic rings. The molecule has 0 saturated heterocycles. The number of anilines is 1. The average Bonchev–Trinajstić information content (AvgIpc) is 2.76. The number of nitrogen functional groups attached to an aromatic ring is 1. The molecule has 0 atom stereocenters. The van der Waals surface area contributed by atoms with Crippen LogP contribution in [0.25, 0.3) is 11.1 Å². The molecule has 0 spiro atoms. The molecular formula is C14H9BrF2N2O. The molecule has 1 heterocycles. The molecule has 1 aromatic heterocycles. The quantitative estimate of drug-likeness (QED) is 0.717. The third-order valence-electron chi connectivity index (χ3n) is 2.87. The van der Waals surface area contributed by atoms with Gasteiger partial charge in [-0.3, -0.25) is 0 Å². The summed E-state index contributed by atoms with van der Waals surface area (Å²) in [5, 5.41) is 0. The van der Waals surface area contributed by atoms with Crippen molar-refractivity contribution in [1.29, 1.82) is 0 Å². The van der Waals surface area contributed by atoms with Gasteiger partial charge in [0.2, 0.25) is 0 Å². The van der Waals surface area contributed by atoms with Crippen LogP contribution in [0.1, 0.15) is 11.5 Å². The molecule has 20 heavy (non-hydrogen) atoms. The van der Waals surface area contributed by atoms with Crippen LogP contribution in [0.5, 0.6) is 0 Å². The lowest BCUT2D eigenvalue weighted by atomic mass is 10.1. The summed E-state index contributed by atoms with van der Waals surface area (Å²) in [6.07, 6.45) is 0.267. The van der Waals surface area contributed by atoms with Crippen molar-refractivity contribution in [3.63, 3.8) is 0 Å². The van der Waals surface area contributed by atoms with E-state index in [9.17, 15) is 8.78 Å². The second kappa shape index (κ2) is 4.86. The normalized spacial score (nSPS) is 11.2. The van der Waals surface area contributed by atoms with Gasteiger partial charge in [0.05, 0.1) is 5.69 Å². The SMILES string of the molecule is Nc1cc(Br)cc2nc(Cc3ccc(F)c(F)c3)oc12. The topological polar surface area (TPSA) is 52.0 Å². The first-order valence-corrected chi connectivity index (χ1v) is 6.60. The number of hydrogen-bond donors (Lipinski definition) is 1. The first-order chi connectivity index (χ1) is 9.52. The Morgan fingerprint density at radius 2 is 1.95 bits per heavy atom. The first-order valence-electron chi connectivity index (χ1n) is 5.81. The average molecular weight is 339 g/mol. The Balaban J connectivity index is 1.98. The van der Waals surface area contributed by atoms with Crippen LogP contribution >= 0.6 is 15.9 Å². The molecule has 0 bridgehead atoms. The van der Waals surface area contributed by atoms with Gasteiger partial charge in [0.15, 0.2) is 23.1 Å². The number of rotatable bonds is 2. The molecule has 3 nitrogen and oxygen atoms in total. The van der Waals surface area contributed by atoms with Crippen LogP contribution in [0.3, 0.4) is 0 Å². The second-order valence-corrected chi connectivity index (χ2v) is 5.29. The Morgan fingerprint density at radius 3 is 2.70 bits per heavy atom. The number of oxazole rings is 1. The number of aromatic nitrogens is 1. The van der Waals surface area contributed by atoms with Gasteiger partial charge in [0.1, 0.15) is 5.52 Å². The lowest BCUT2D eigenvalue weighted by Crippen LogP contribution is -1.91. The summed E-state index contributed by atoms with van der Waals surface area (Å²) in [6.45, 7) is 0. The monoisotopic (exact) mass is 338 g/mol. The largest absolute Gasteiger partial charge is 0.438 e. The summed E-state index contributed by atoms with van der Waals surface area (Å²) in [5.74, 6) is -1.36. The Morgan fingerprint density at radius 1 is 1.15 bits per heavy atom. The second-order valence-electron chi connectivity index (χ2n) is 4.38. The molecule has 6 heteroatoms. The van der Waals surface area contributed by atoms with E-state index in [0.717, 1.165) is 16.6 Å². The van der Waals surface area contributed by atoms with Crippen LogP contribution in [0.15, 0.2) is 39.2 Å². The van der Waals surface area contributed by atoms with Gasteiger partial charge in [-0.2, -0.15) is 0 Å². The number of hydrogen-bond acceptors (Lipinski definition) is 3. The summed E-state index contributed by atoms with van der Waals surface area (Å²) in [4.78, 5) is 4.29. The van der Waals surface area contributed by atoms with E-state index in [2.05, 4.69) is 20.9 Å². The van der Waals surface area contributed by atoms with Gasteiger partial charge < -0.3 is 10.2 Å². The van der Waals surface area contributed by atoms with Crippen molar-refractivity contribution in [3.05, 3.63) is 57.9 Å². The molecule has 0 unspecified atom stereocenters. The minimum Gasteiger partial charge on any atom is -0.438 e. The van der Waals surface area contributed by atoms with Crippen molar-refractivity contribution in [3.8, 4) is 0 Å². The summed E-state index contributed by atoms with van der Waals surface area (Å²) >= 11 is 3.32. The smallest absolute Gasteiger partial charge is 0.200 e. The van der Waals surface area contributed by atoms with E-state index < -0.39 is 11.6 Å². The summed E-state index contributed by atoms with van der Waals surface area (Å²) in [6, 6.07) is 7.20. The highest BCUT2D eigenvalue weighted by molar-refractivity contribution is 9.10. The fourth-order valence-corrected chi connectivity index (χ4v) is 2.43. The first kappa shape index (κ1) is 13.1. The zero-order chi connectivity index (χ0) is 14.3. The van der Waals surface area contributed by atoms with Gasteiger partial charge in [-0.25, -0.2) is 13.8 Å². The maximum atomic E-state index is 13.2. The lowest BCUT2D eigenvalue weighted by molar-refractivity contribution is 0.505. The van der Waals surface area contributed by atoms with E-state index in [0.29, 0.717) is 28.2 Å². The van der Waals surface area contributed by atoms with Gasteiger partial charge >= 0.3 is 0 Å². The van der Waals surface area contributed by atoms with Crippen molar-refractivity contribution >= 4 is 32.7 Å². The predicted molar refractivity (Wildman–Crippen MR) is 75.3 cm³/mol. The van der Waals surface area contributed by atoms with Crippen LogP contribution < -0.4 is 5.73 Å². The Bertz CT molecular complexity index is 801. The molecule has 102 valence electrons.